The molecule has 0 amide bonds. The molecule has 38 heavy (non-hydrogen) atoms. The SMILES string of the molecule is C=C1/C(=C\CCl)C[C@H](C)CC1O[Si](C)(C)C(C)(C)C.C=C1/C(=C\CO)C[C@H](C)CC1O[Si](C)(C)C(C)(C)C. The van der Waals surface area contributed by atoms with E-state index in [0.29, 0.717) is 17.7 Å². The molecule has 6 heteroatoms. The van der Waals surface area contributed by atoms with Crippen LogP contribution in [0.25, 0.3) is 0 Å². The van der Waals surface area contributed by atoms with Gasteiger partial charge in [0.05, 0.1) is 18.8 Å². The first-order valence-electron chi connectivity index (χ1n) is 14.5. The summed E-state index contributed by atoms with van der Waals surface area (Å²) in [5, 5.41) is 9.58. The van der Waals surface area contributed by atoms with E-state index in [0.717, 1.165) is 36.8 Å². The van der Waals surface area contributed by atoms with Gasteiger partial charge in [0, 0.05) is 5.88 Å². The maximum atomic E-state index is 9.12. The summed E-state index contributed by atoms with van der Waals surface area (Å²) in [7, 11) is -3.50. The van der Waals surface area contributed by atoms with Crippen molar-refractivity contribution in [3.8, 4) is 0 Å². The van der Waals surface area contributed by atoms with E-state index in [1.54, 1.807) is 0 Å². The Kier molecular flexibility index (Phi) is 13.1. The largest absolute Gasteiger partial charge is 0.410 e. The highest BCUT2D eigenvalue weighted by Gasteiger charge is 2.42. The van der Waals surface area contributed by atoms with Gasteiger partial charge in [0.25, 0.3) is 0 Å². The highest BCUT2D eigenvalue weighted by molar-refractivity contribution is 6.74. The summed E-state index contributed by atoms with van der Waals surface area (Å²) in [5.74, 6) is 1.81. The zero-order chi connectivity index (χ0) is 29.7. The Morgan fingerprint density at radius 3 is 1.42 bits per heavy atom. The van der Waals surface area contributed by atoms with Gasteiger partial charge >= 0.3 is 0 Å². The topological polar surface area (TPSA) is 38.7 Å². The average Bonchev–Trinajstić information content (AvgIpc) is 2.73. The first-order chi connectivity index (χ1) is 17.2. The van der Waals surface area contributed by atoms with E-state index in [4.69, 9.17) is 25.6 Å². The van der Waals surface area contributed by atoms with Crippen molar-refractivity contribution in [2.45, 2.75) is 130 Å². The lowest BCUT2D eigenvalue weighted by molar-refractivity contribution is 0.173. The van der Waals surface area contributed by atoms with E-state index in [2.05, 4.69) is 101 Å². The number of allylic oxidation sites excluding steroid dienone is 1. The number of halogens is 1. The van der Waals surface area contributed by atoms with Crippen LogP contribution in [0.1, 0.15) is 81.1 Å². The molecule has 2 aliphatic rings. The Morgan fingerprint density at radius 1 is 0.789 bits per heavy atom. The van der Waals surface area contributed by atoms with Crippen LogP contribution < -0.4 is 0 Å². The molecule has 2 rings (SSSR count). The molecule has 0 radical (unpaired) electrons. The molecule has 0 aromatic heterocycles. The Labute approximate surface area is 243 Å². The lowest BCUT2D eigenvalue weighted by atomic mass is 9.81. The van der Waals surface area contributed by atoms with Crippen molar-refractivity contribution in [3.63, 3.8) is 0 Å². The summed E-state index contributed by atoms with van der Waals surface area (Å²) in [6.07, 6.45) is 8.53. The van der Waals surface area contributed by atoms with Gasteiger partial charge in [0.15, 0.2) is 16.6 Å². The fourth-order valence-corrected chi connectivity index (χ4v) is 7.34. The van der Waals surface area contributed by atoms with Crippen molar-refractivity contribution in [1.29, 1.82) is 0 Å². The van der Waals surface area contributed by atoms with Crippen LogP contribution in [0.5, 0.6) is 0 Å². The van der Waals surface area contributed by atoms with Crippen LogP contribution in [0.4, 0.5) is 0 Å². The second-order valence-electron chi connectivity index (χ2n) is 14.7. The molecule has 220 valence electrons. The minimum absolute atomic E-state index is 0.0912. The van der Waals surface area contributed by atoms with E-state index >= 15 is 0 Å². The van der Waals surface area contributed by atoms with Gasteiger partial charge in [-0.15, -0.1) is 11.6 Å². The standard InChI is InChI=1S/C16H29ClOSi.C16H30O2Si/c2*1-12-10-14(8-9-17)13(2)15(11-12)18-19(6,7)16(3,4)5/h8,12,15H,2,9-11H2,1,3-7H3;8,12,15,17H,2,9-11H2,1,3-7H3/b2*14-8-/t2*12-,15?/m00/s1. The first-order valence-corrected chi connectivity index (χ1v) is 20.8. The van der Waals surface area contributed by atoms with E-state index in [-0.39, 0.29) is 28.9 Å². The molecule has 4 atom stereocenters. The summed E-state index contributed by atoms with van der Waals surface area (Å²) in [5.41, 5.74) is 4.72. The third-order valence-corrected chi connectivity index (χ3v) is 18.2. The number of rotatable bonds is 6. The molecule has 0 aromatic rings. The Balaban J connectivity index is 0.000000380. The molecule has 2 saturated carbocycles. The third kappa shape index (κ3) is 9.88. The molecule has 0 saturated heterocycles. The second-order valence-corrected chi connectivity index (χ2v) is 24.5. The number of aliphatic hydroxyl groups is 1. The van der Waals surface area contributed by atoms with Crippen molar-refractivity contribution in [3.05, 3.63) is 47.6 Å². The van der Waals surface area contributed by atoms with Crippen LogP contribution >= 0.6 is 11.6 Å². The quantitative estimate of drug-likeness (QED) is 0.250. The number of hydrogen-bond acceptors (Lipinski definition) is 3. The van der Waals surface area contributed by atoms with Crippen molar-refractivity contribution < 1.29 is 14.0 Å². The zero-order valence-electron chi connectivity index (χ0n) is 26.8. The molecule has 0 heterocycles. The molecule has 3 nitrogen and oxygen atoms in total. The Bertz CT molecular complexity index is 802. The maximum absolute atomic E-state index is 9.12. The van der Waals surface area contributed by atoms with Crippen molar-refractivity contribution >= 4 is 28.2 Å². The fourth-order valence-electron chi connectivity index (χ4n) is 4.54. The summed E-state index contributed by atoms with van der Waals surface area (Å²) >= 11 is 5.85. The molecule has 1 N–H and O–H groups in total. The van der Waals surface area contributed by atoms with E-state index in [1.807, 2.05) is 6.08 Å². The monoisotopic (exact) mass is 582 g/mol. The van der Waals surface area contributed by atoms with Gasteiger partial charge in [-0.05, 0) is 96.1 Å². The molecule has 0 bridgehead atoms. The summed E-state index contributed by atoms with van der Waals surface area (Å²) in [6.45, 7) is 35.9. The maximum Gasteiger partial charge on any atom is 0.192 e. The predicted molar refractivity (Wildman–Crippen MR) is 173 cm³/mol. The van der Waals surface area contributed by atoms with Crippen LogP contribution in [0.15, 0.2) is 47.6 Å². The highest BCUT2D eigenvalue weighted by atomic mass is 35.5. The Hall–Kier alpha value is -0.436. The van der Waals surface area contributed by atoms with Gasteiger partial charge in [-0.2, -0.15) is 0 Å². The van der Waals surface area contributed by atoms with Gasteiger partial charge in [0.1, 0.15) is 0 Å². The number of alkyl halides is 1. The number of aliphatic hydroxyl groups excluding tert-OH is 1. The number of hydrogen-bond donors (Lipinski definition) is 1. The smallest absolute Gasteiger partial charge is 0.192 e. The van der Waals surface area contributed by atoms with E-state index in [1.165, 1.54) is 11.1 Å². The van der Waals surface area contributed by atoms with Gasteiger partial charge in [-0.1, -0.05) is 80.7 Å². The minimum atomic E-state index is -1.77. The molecule has 2 aliphatic carbocycles. The third-order valence-electron chi connectivity index (χ3n) is 9.12. The summed E-state index contributed by atoms with van der Waals surface area (Å²) in [6, 6.07) is 0. The average molecular weight is 583 g/mol. The molecule has 2 unspecified atom stereocenters. The summed E-state index contributed by atoms with van der Waals surface area (Å²) < 4.78 is 13.1. The normalized spacial score (nSPS) is 27.9. The van der Waals surface area contributed by atoms with E-state index in [9.17, 15) is 0 Å². The van der Waals surface area contributed by atoms with Crippen molar-refractivity contribution in [2.75, 3.05) is 12.5 Å². The minimum Gasteiger partial charge on any atom is -0.410 e. The second kappa shape index (κ2) is 14.0. The summed E-state index contributed by atoms with van der Waals surface area (Å²) in [4.78, 5) is 0. The van der Waals surface area contributed by atoms with Crippen LogP contribution in [0, 0.1) is 11.8 Å². The van der Waals surface area contributed by atoms with Crippen LogP contribution in [-0.2, 0) is 8.85 Å². The van der Waals surface area contributed by atoms with Crippen LogP contribution in [0.3, 0.4) is 0 Å². The van der Waals surface area contributed by atoms with Gasteiger partial charge in [-0.3, -0.25) is 0 Å². The Morgan fingerprint density at radius 2 is 1.13 bits per heavy atom. The van der Waals surface area contributed by atoms with E-state index < -0.39 is 16.6 Å². The van der Waals surface area contributed by atoms with Crippen LogP contribution in [0.2, 0.25) is 36.3 Å². The predicted octanol–water partition coefficient (Wildman–Crippen LogP) is 9.81. The molecule has 0 aliphatic heterocycles. The fraction of sp³-hybridized carbons (Fsp3) is 0.750. The highest BCUT2D eigenvalue weighted by Crippen LogP contribution is 2.43. The van der Waals surface area contributed by atoms with Crippen molar-refractivity contribution in [2.24, 2.45) is 11.8 Å². The first kappa shape index (κ1) is 35.6. The zero-order valence-corrected chi connectivity index (χ0v) is 29.5. The molecule has 0 spiro atoms. The molecule has 0 aromatic carbocycles. The lowest BCUT2D eigenvalue weighted by Crippen LogP contribution is -2.45. The van der Waals surface area contributed by atoms with Gasteiger partial charge < -0.3 is 14.0 Å². The van der Waals surface area contributed by atoms with Crippen molar-refractivity contribution in [1.82, 2.24) is 0 Å². The molecule has 2 fully saturated rings. The molecular weight excluding hydrogens is 524 g/mol. The van der Waals surface area contributed by atoms with Gasteiger partial charge in [0.2, 0.25) is 0 Å². The molecular formula is C32H59ClO3Si2. The lowest BCUT2D eigenvalue weighted by Gasteiger charge is -2.42. The van der Waals surface area contributed by atoms with Crippen LogP contribution in [-0.4, -0.2) is 46.4 Å². The van der Waals surface area contributed by atoms with Gasteiger partial charge in [-0.25, -0.2) is 0 Å².